The normalized spacial score (nSPS) is 14.4. The first-order valence-corrected chi connectivity index (χ1v) is 12.6. The molecule has 4 heterocycles. The molecule has 0 spiro atoms. The Morgan fingerprint density at radius 3 is 2.62 bits per heavy atom. The van der Waals surface area contributed by atoms with Gasteiger partial charge in [0.1, 0.15) is 0 Å². The van der Waals surface area contributed by atoms with Crippen molar-refractivity contribution in [2.75, 3.05) is 24.7 Å². The summed E-state index contributed by atoms with van der Waals surface area (Å²) in [6, 6.07) is 2.31. The number of hydrogen-bond donors (Lipinski definition) is 3. The van der Waals surface area contributed by atoms with Crippen LogP contribution in [0.3, 0.4) is 0 Å². The highest BCUT2D eigenvalue weighted by atomic mass is 32.1. The molecule has 34 heavy (non-hydrogen) atoms. The van der Waals surface area contributed by atoms with Crippen molar-refractivity contribution in [1.29, 1.82) is 0 Å². The van der Waals surface area contributed by atoms with Gasteiger partial charge in [0.05, 0.1) is 21.1 Å². The third-order valence-corrected chi connectivity index (χ3v) is 7.94. The minimum atomic E-state index is -0.182. The molecule has 3 N–H and O–H groups in total. The zero-order chi connectivity index (χ0) is 24.4. The Bertz CT molecular complexity index is 1240. The van der Waals surface area contributed by atoms with Crippen LogP contribution >= 0.6 is 11.3 Å². The number of carbonyl (C=O) groups excluding carboxylic acids is 1. The summed E-state index contributed by atoms with van der Waals surface area (Å²) in [6.07, 6.45) is 3.80. The van der Waals surface area contributed by atoms with E-state index in [2.05, 4.69) is 32.3 Å². The maximum atomic E-state index is 13.6. The van der Waals surface area contributed by atoms with Gasteiger partial charge in [-0.3, -0.25) is 14.7 Å². The second kappa shape index (κ2) is 10.1. The van der Waals surface area contributed by atoms with E-state index < -0.39 is 0 Å². The van der Waals surface area contributed by atoms with E-state index >= 15 is 0 Å². The van der Waals surface area contributed by atoms with Crippen molar-refractivity contribution in [1.82, 2.24) is 20.5 Å². The first-order chi connectivity index (χ1) is 16.3. The number of aryl methyl sites for hydroxylation is 3. The quantitative estimate of drug-likeness (QED) is 0.471. The van der Waals surface area contributed by atoms with E-state index in [0.29, 0.717) is 17.2 Å². The van der Waals surface area contributed by atoms with E-state index in [1.807, 2.05) is 40.0 Å². The number of anilines is 1. The van der Waals surface area contributed by atoms with Gasteiger partial charge in [-0.05, 0) is 64.7 Å². The molecule has 1 aliphatic heterocycles. The van der Waals surface area contributed by atoms with E-state index in [4.69, 9.17) is 4.74 Å². The molecule has 182 valence electrons. The van der Waals surface area contributed by atoms with Crippen LogP contribution in [0.2, 0.25) is 0 Å². The molecule has 1 aliphatic rings. The molecule has 1 amide bonds. The predicted molar refractivity (Wildman–Crippen MR) is 136 cm³/mol. The van der Waals surface area contributed by atoms with Crippen molar-refractivity contribution in [3.63, 3.8) is 0 Å². The third-order valence-electron chi connectivity index (χ3n) is 6.58. The summed E-state index contributed by atoms with van der Waals surface area (Å²) in [5.41, 5.74) is 5.47. The number of ether oxygens (including phenoxy) is 1. The Balaban J connectivity index is 1.71. The Morgan fingerprint density at radius 2 is 2.00 bits per heavy atom. The summed E-state index contributed by atoms with van der Waals surface area (Å²) in [6.45, 7) is 12.4. The van der Waals surface area contributed by atoms with Gasteiger partial charge in [0.25, 0.3) is 11.5 Å². The number of aromatic nitrogens is 3. The molecule has 0 aromatic carbocycles. The van der Waals surface area contributed by atoms with Crippen LogP contribution in [0.25, 0.3) is 10.4 Å². The Labute approximate surface area is 203 Å². The van der Waals surface area contributed by atoms with Crippen molar-refractivity contribution in [3.05, 3.63) is 56.3 Å². The molecule has 8 nitrogen and oxygen atoms in total. The van der Waals surface area contributed by atoms with Gasteiger partial charge in [-0.25, -0.2) is 0 Å². The van der Waals surface area contributed by atoms with Crippen LogP contribution in [-0.2, 0) is 11.3 Å². The van der Waals surface area contributed by atoms with Crippen LogP contribution in [0.15, 0.2) is 17.1 Å². The summed E-state index contributed by atoms with van der Waals surface area (Å²) < 4.78 is 5.58. The van der Waals surface area contributed by atoms with Crippen molar-refractivity contribution >= 4 is 22.2 Å². The molecule has 1 saturated heterocycles. The van der Waals surface area contributed by atoms with Gasteiger partial charge in [0.2, 0.25) is 0 Å². The number of amides is 1. The van der Waals surface area contributed by atoms with Crippen molar-refractivity contribution in [2.45, 2.75) is 60.0 Å². The fourth-order valence-electron chi connectivity index (χ4n) is 4.75. The number of thiophene rings is 1. The van der Waals surface area contributed by atoms with Crippen molar-refractivity contribution in [3.8, 4) is 10.4 Å². The number of hydrogen-bond acceptors (Lipinski definition) is 6. The first-order valence-electron chi connectivity index (χ1n) is 11.8. The molecule has 3 aromatic heterocycles. The van der Waals surface area contributed by atoms with Gasteiger partial charge >= 0.3 is 0 Å². The van der Waals surface area contributed by atoms with Crippen LogP contribution in [0.4, 0.5) is 5.00 Å². The lowest BCUT2D eigenvalue weighted by Crippen LogP contribution is -2.39. The van der Waals surface area contributed by atoms with E-state index in [9.17, 15) is 9.59 Å². The number of nitrogens with zero attached hydrogens (tertiary/aromatic N) is 2. The van der Waals surface area contributed by atoms with Gasteiger partial charge in [-0.15, -0.1) is 11.3 Å². The van der Waals surface area contributed by atoms with Gasteiger partial charge in [-0.1, -0.05) is 0 Å². The first kappa shape index (κ1) is 24.2. The van der Waals surface area contributed by atoms with E-state index in [1.54, 1.807) is 11.3 Å². The highest BCUT2D eigenvalue weighted by Crippen LogP contribution is 2.43. The number of H-pyrrole nitrogens is 2. The molecule has 0 radical (unpaired) electrons. The number of aromatic amines is 2. The van der Waals surface area contributed by atoms with Crippen LogP contribution in [0.1, 0.15) is 58.2 Å². The average Bonchev–Trinajstić information content (AvgIpc) is 3.37. The lowest BCUT2D eigenvalue weighted by atomic mass is 10.0. The smallest absolute Gasteiger partial charge is 0.253 e. The SMILES string of the molecule is CCN(c1sc(-c2c[nH]nc2C)c(C(=O)NCc2c(C)cc(C)[nH]c2=O)c1C)C1CCOCC1. The summed E-state index contributed by atoms with van der Waals surface area (Å²) >= 11 is 1.64. The van der Waals surface area contributed by atoms with Crippen molar-refractivity contribution < 1.29 is 9.53 Å². The van der Waals surface area contributed by atoms with E-state index in [1.165, 1.54) is 0 Å². The molecular formula is C25H33N5O3S. The number of pyridine rings is 1. The fourth-order valence-corrected chi connectivity index (χ4v) is 6.26. The molecular weight excluding hydrogens is 450 g/mol. The standard InChI is InChI=1S/C25H33N5O3S/c1-6-30(18-7-9-33-10-8-18)25-16(4)21(22(34-25)20-13-27-29-17(20)5)24(32)26-12-19-14(2)11-15(3)28-23(19)31/h11,13,18H,6-10,12H2,1-5H3,(H,26,32)(H,27,29)(H,28,31). The van der Waals surface area contributed by atoms with Crippen molar-refractivity contribution in [2.24, 2.45) is 0 Å². The minimum absolute atomic E-state index is 0.164. The summed E-state index contributed by atoms with van der Waals surface area (Å²) in [5.74, 6) is -0.182. The predicted octanol–water partition coefficient (Wildman–Crippen LogP) is 4.00. The maximum absolute atomic E-state index is 13.6. The fraction of sp³-hybridized carbons (Fsp3) is 0.480. The molecule has 4 rings (SSSR count). The molecule has 3 aromatic rings. The molecule has 0 saturated carbocycles. The lowest BCUT2D eigenvalue weighted by molar-refractivity contribution is 0.0847. The highest BCUT2D eigenvalue weighted by molar-refractivity contribution is 7.20. The molecule has 0 aliphatic carbocycles. The van der Waals surface area contributed by atoms with Gasteiger partial charge in [0.15, 0.2) is 0 Å². The Morgan fingerprint density at radius 1 is 1.26 bits per heavy atom. The number of rotatable bonds is 7. The van der Waals surface area contributed by atoms with Crippen LogP contribution in [-0.4, -0.2) is 46.9 Å². The molecule has 0 atom stereocenters. The average molecular weight is 484 g/mol. The van der Waals surface area contributed by atoms with E-state index in [-0.39, 0.29) is 18.0 Å². The molecule has 1 fully saturated rings. The maximum Gasteiger partial charge on any atom is 0.253 e. The van der Waals surface area contributed by atoms with Crippen LogP contribution in [0.5, 0.6) is 0 Å². The second-order valence-electron chi connectivity index (χ2n) is 8.88. The Kier molecular flexibility index (Phi) is 7.23. The topological polar surface area (TPSA) is 103 Å². The largest absolute Gasteiger partial charge is 0.381 e. The number of nitrogens with one attached hydrogen (secondary N) is 3. The highest BCUT2D eigenvalue weighted by Gasteiger charge is 2.29. The summed E-state index contributed by atoms with van der Waals surface area (Å²) in [5, 5.41) is 11.3. The van der Waals surface area contributed by atoms with Gasteiger partial charge in [0, 0.05) is 55.4 Å². The van der Waals surface area contributed by atoms with Gasteiger partial charge < -0.3 is 19.9 Å². The zero-order valence-electron chi connectivity index (χ0n) is 20.5. The second-order valence-corrected chi connectivity index (χ2v) is 9.88. The monoisotopic (exact) mass is 483 g/mol. The summed E-state index contributed by atoms with van der Waals surface area (Å²) in [7, 11) is 0. The van der Waals surface area contributed by atoms with E-state index in [0.717, 1.165) is 70.6 Å². The lowest BCUT2D eigenvalue weighted by Gasteiger charge is -2.34. The minimum Gasteiger partial charge on any atom is -0.381 e. The molecule has 9 heteroatoms. The van der Waals surface area contributed by atoms with Crippen LogP contribution in [0, 0.1) is 27.7 Å². The third kappa shape index (κ3) is 4.67. The zero-order valence-corrected chi connectivity index (χ0v) is 21.3. The molecule has 0 unspecified atom stereocenters. The van der Waals surface area contributed by atoms with Gasteiger partial charge in [-0.2, -0.15) is 5.10 Å². The Hall–Kier alpha value is -2.91. The number of carbonyl (C=O) groups is 1. The van der Waals surface area contributed by atoms with Crippen LogP contribution < -0.4 is 15.8 Å². The molecule has 0 bridgehead atoms. The summed E-state index contributed by atoms with van der Waals surface area (Å²) in [4.78, 5) is 32.2.